The van der Waals surface area contributed by atoms with Crippen molar-refractivity contribution in [2.24, 2.45) is 0 Å². The molecule has 0 aliphatic rings. The van der Waals surface area contributed by atoms with E-state index in [2.05, 4.69) is 67.8 Å². The molecule has 0 saturated carbocycles. The SMILES string of the molecule is CCCCCC/C=C\C/C=C\CCCCCCCCCC(=O)OCCCCCCCCCCC/C=C\C/C=C\CCCCCCCCCCCCCCCCCCCC(=O)NC(CO)C(O)/C=C/CCCCCCCCCCCCCCCCC. The Morgan fingerprint density at radius 1 is 0.329 bits per heavy atom. The van der Waals surface area contributed by atoms with Crippen LogP contribution in [-0.4, -0.2) is 47.4 Å². The molecule has 0 heterocycles. The summed E-state index contributed by atoms with van der Waals surface area (Å²) >= 11 is 0. The molecule has 0 aromatic heterocycles. The topological polar surface area (TPSA) is 95.9 Å². The highest BCUT2D eigenvalue weighted by atomic mass is 16.5. The number of hydrogen-bond acceptors (Lipinski definition) is 5. The molecule has 0 aromatic carbocycles. The Kier molecular flexibility index (Phi) is 71.9. The second-order valence-corrected chi connectivity index (χ2v) is 26.0. The Labute approximate surface area is 530 Å². The molecule has 498 valence electrons. The van der Waals surface area contributed by atoms with Gasteiger partial charge in [-0.05, 0) is 96.3 Å². The molecular formula is C79H147NO5. The van der Waals surface area contributed by atoms with Crippen LogP contribution in [0.15, 0.2) is 60.8 Å². The van der Waals surface area contributed by atoms with Crippen molar-refractivity contribution in [3.8, 4) is 0 Å². The zero-order valence-corrected chi connectivity index (χ0v) is 57.1. The fourth-order valence-electron chi connectivity index (χ4n) is 11.7. The lowest BCUT2D eigenvalue weighted by Gasteiger charge is -2.20. The first-order valence-electron chi connectivity index (χ1n) is 38.1. The van der Waals surface area contributed by atoms with Gasteiger partial charge in [-0.15, -0.1) is 0 Å². The van der Waals surface area contributed by atoms with E-state index >= 15 is 0 Å². The Balaban J connectivity index is 3.40. The van der Waals surface area contributed by atoms with Crippen LogP contribution in [0, 0.1) is 0 Å². The van der Waals surface area contributed by atoms with Crippen LogP contribution >= 0.6 is 0 Å². The van der Waals surface area contributed by atoms with Crippen LogP contribution in [0.4, 0.5) is 0 Å². The van der Waals surface area contributed by atoms with Gasteiger partial charge in [-0.1, -0.05) is 357 Å². The Hall–Kier alpha value is -2.44. The summed E-state index contributed by atoms with van der Waals surface area (Å²) in [5, 5.41) is 23.2. The average Bonchev–Trinajstić information content (AvgIpc) is 3.50. The molecule has 3 N–H and O–H groups in total. The minimum atomic E-state index is -0.844. The van der Waals surface area contributed by atoms with E-state index < -0.39 is 12.1 Å². The van der Waals surface area contributed by atoms with Crippen molar-refractivity contribution in [2.45, 2.75) is 418 Å². The molecule has 0 aliphatic carbocycles. The maximum Gasteiger partial charge on any atom is 0.305 e. The predicted molar refractivity (Wildman–Crippen MR) is 375 cm³/mol. The van der Waals surface area contributed by atoms with E-state index in [-0.39, 0.29) is 18.5 Å². The van der Waals surface area contributed by atoms with Crippen LogP contribution in [0.3, 0.4) is 0 Å². The normalized spacial score (nSPS) is 12.8. The number of ether oxygens (including phenoxy) is 1. The third kappa shape index (κ3) is 70.5. The number of unbranched alkanes of at least 4 members (excludes halogenated alkanes) is 52. The van der Waals surface area contributed by atoms with Crippen molar-refractivity contribution < 1.29 is 24.5 Å². The van der Waals surface area contributed by atoms with E-state index in [0.717, 1.165) is 57.8 Å². The van der Waals surface area contributed by atoms with Gasteiger partial charge in [0, 0.05) is 12.8 Å². The molecule has 0 bridgehead atoms. The highest BCUT2D eigenvalue weighted by Crippen LogP contribution is 2.18. The average molecular weight is 1190 g/mol. The van der Waals surface area contributed by atoms with Gasteiger partial charge in [0.05, 0.1) is 25.4 Å². The molecular weight excluding hydrogens is 1040 g/mol. The summed E-state index contributed by atoms with van der Waals surface area (Å²) in [6, 6.07) is -0.628. The molecule has 1 amide bonds. The van der Waals surface area contributed by atoms with Crippen LogP contribution < -0.4 is 5.32 Å². The molecule has 0 radical (unpaired) electrons. The minimum Gasteiger partial charge on any atom is -0.466 e. The number of carbonyl (C=O) groups is 2. The van der Waals surface area contributed by atoms with E-state index in [1.807, 2.05) is 6.08 Å². The first kappa shape index (κ1) is 82.6. The molecule has 0 aliphatic heterocycles. The number of nitrogens with one attached hydrogen (secondary N) is 1. The molecule has 0 fully saturated rings. The molecule has 85 heavy (non-hydrogen) atoms. The summed E-state index contributed by atoms with van der Waals surface area (Å²) in [5.41, 5.74) is 0. The highest BCUT2D eigenvalue weighted by Gasteiger charge is 2.18. The van der Waals surface area contributed by atoms with Crippen LogP contribution in [0.2, 0.25) is 0 Å². The van der Waals surface area contributed by atoms with E-state index in [4.69, 9.17) is 4.74 Å². The summed E-state index contributed by atoms with van der Waals surface area (Å²) in [5.74, 6) is -0.0570. The zero-order chi connectivity index (χ0) is 61.3. The number of amides is 1. The molecule has 2 atom stereocenters. The highest BCUT2D eigenvalue weighted by molar-refractivity contribution is 5.76. The van der Waals surface area contributed by atoms with Crippen molar-refractivity contribution in [2.75, 3.05) is 13.2 Å². The fourth-order valence-corrected chi connectivity index (χ4v) is 11.7. The summed E-state index contributed by atoms with van der Waals surface area (Å²) in [4.78, 5) is 24.6. The van der Waals surface area contributed by atoms with Gasteiger partial charge in [0.25, 0.3) is 0 Å². The molecule has 2 unspecified atom stereocenters. The minimum absolute atomic E-state index is 0.00667. The number of carbonyl (C=O) groups excluding carboxylic acids is 2. The lowest BCUT2D eigenvalue weighted by molar-refractivity contribution is -0.143. The van der Waals surface area contributed by atoms with Crippen LogP contribution in [0.25, 0.3) is 0 Å². The molecule has 0 spiro atoms. The van der Waals surface area contributed by atoms with Crippen molar-refractivity contribution >= 4 is 11.9 Å². The lowest BCUT2D eigenvalue weighted by atomic mass is 10.0. The third-order valence-electron chi connectivity index (χ3n) is 17.5. The number of aliphatic hydroxyl groups is 2. The van der Waals surface area contributed by atoms with Crippen molar-refractivity contribution in [3.05, 3.63) is 60.8 Å². The quantitative estimate of drug-likeness (QED) is 0.0320. The van der Waals surface area contributed by atoms with Gasteiger partial charge in [0.15, 0.2) is 0 Å². The summed E-state index contributed by atoms with van der Waals surface area (Å²) in [7, 11) is 0. The summed E-state index contributed by atoms with van der Waals surface area (Å²) in [6.45, 7) is 4.91. The summed E-state index contributed by atoms with van der Waals surface area (Å²) < 4.78 is 5.50. The summed E-state index contributed by atoms with van der Waals surface area (Å²) in [6.07, 6.45) is 98.9. The van der Waals surface area contributed by atoms with Crippen molar-refractivity contribution in [1.29, 1.82) is 0 Å². The van der Waals surface area contributed by atoms with Crippen molar-refractivity contribution in [1.82, 2.24) is 5.32 Å². The Bertz CT molecular complexity index is 1470. The number of hydrogen-bond donors (Lipinski definition) is 3. The zero-order valence-electron chi connectivity index (χ0n) is 57.1. The first-order chi connectivity index (χ1) is 42.0. The number of aliphatic hydroxyl groups excluding tert-OH is 2. The number of rotatable bonds is 71. The fraction of sp³-hybridized carbons (Fsp3) is 0.848. The van der Waals surface area contributed by atoms with Gasteiger partial charge in [0.1, 0.15) is 0 Å². The number of allylic oxidation sites excluding steroid dienone is 9. The number of esters is 1. The third-order valence-corrected chi connectivity index (χ3v) is 17.5. The maximum atomic E-state index is 12.5. The monoisotopic (exact) mass is 1190 g/mol. The van der Waals surface area contributed by atoms with Crippen molar-refractivity contribution in [3.63, 3.8) is 0 Å². The van der Waals surface area contributed by atoms with Crippen LogP contribution in [-0.2, 0) is 14.3 Å². The van der Waals surface area contributed by atoms with E-state index in [1.54, 1.807) is 6.08 Å². The van der Waals surface area contributed by atoms with Gasteiger partial charge in [0.2, 0.25) is 5.91 Å². The second kappa shape index (κ2) is 74.0. The van der Waals surface area contributed by atoms with Gasteiger partial charge in [-0.3, -0.25) is 9.59 Å². The lowest BCUT2D eigenvalue weighted by Crippen LogP contribution is -2.45. The molecule has 0 aromatic rings. The molecule has 0 saturated heterocycles. The standard InChI is InChI=1S/C79H147NO5/c1-3-5-7-9-11-13-15-17-19-21-41-45-49-53-57-61-65-69-73-79(84)85-74-70-66-62-58-54-50-46-42-38-36-34-32-30-28-26-24-22-23-25-27-29-31-33-35-37-40-44-48-52-56-60-64-68-72-78(83)80-76(75-81)77(82)71-67-63-59-55-51-47-43-39-20-18-16-14-12-10-8-6-4-2/h13,15,19,21,26,28,32,34,67,71,76-77,81-82H,3-12,14,16-18,20,22-25,27,29-31,33,35-66,68-70,72-75H2,1-2H3,(H,80,83)/b15-13-,21-19-,28-26-,34-32-,71-67+. The van der Waals surface area contributed by atoms with Gasteiger partial charge in [-0.2, -0.15) is 0 Å². The molecule has 0 rings (SSSR count). The molecule has 6 heteroatoms. The smallest absolute Gasteiger partial charge is 0.305 e. The van der Waals surface area contributed by atoms with Gasteiger partial charge in [-0.25, -0.2) is 0 Å². The Morgan fingerprint density at radius 2 is 0.588 bits per heavy atom. The van der Waals surface area contributed by atoms with E-state index in [9.17, 15) is 19.8 Å². The predicted octanol–water partition coefficient (Wildman–Crippen LogP) is 25.0. The second-order valence-electron chi connectivity index (χ2n) is 26.0. The Morgan fingerprint density at radius 3 is 0.906 bits per heavy atom. The van der Waals surface area contributed by atoms with Gasteiger partial charge < -0.3 is 20.3 Å². The van der Waals surface area contributed by atoms with Crippen LogP contribution in [0.1, 0.15) is 406 Å². The van der Waals surface area contributed by atoms with Gasteiger partial charge >= 0.3 is 5.97 Å². The van der Waals surface area contributed by atoms with E-state index in [1.165, 1.54) is 321 Å². The molecule has 6 nitrogen and oxygen atoms in total. The largest absolute Gasteiger partial charge is 0.466 e. The first-order valence-corrected chi connectivity index (χ1v) is 38.1. The van der Waals surface area contributed by atoms with Crippen LogP contribution in [0.5, 0.6) is 0 Å². The maximum absolute atomic E-state index is 12.5. The van der Waals surface area contributed by atoms with E-state index in [0.29, 0.717) is 19.4 Å².